The molecule has 0 heterocycles. The van der Waals surface area contributed by atoms with Crippen LogP contribution in [0.25, 0.3) is 77.0 Å². The molecule has 1 aliphatic rings. The van der Waals surface area contributed by atoms with Gasteiger partial charge in [0.1, 0.15) is 0 Å². The highest BCUT2D eigenvalue weighted by Crippen LogP contribution is 2.49. The molecule has 2 heteroatoms. The Hall–Kier alpha value is -8.98. The molecule has 0 amide bonds. The zero-order valence-corrected chi connectivity index (χ0v) is 38.7. The first kappa shape index (κ1) is 41.2. The van der Waals surface area contributed by atoms with Gasteiger partial charge in [-0.2, -0.15) is 0 Å². The van der Waals surface area contributed by atoms with E-state index < -0.39 is 0 Å². The average molecular weight is 893 g/mol. The lowest BCUT2D eigenvalue weighted by molar-refractivity contribution is 1.08. The molecule has 12 aromatic rings. The molecule has 0 N–H and O–H groups in total. The van der Waals surface area contributed by atoms with Gasteiger partial charge in [-0.25, -0.2) is 0 Å². The van der Waals surface area contributed by atoms with Gasteiger partial charge < -0.3 is 9.80 Å². The normalized spacial score (nSPS) is 12.3. The van der Waals surface area contributed by atoms with E-state index >= 15 is 0 Å². The summed E-state index contributed by atoms with van der Waals surface area (Å²) in [7, 11) is 0. The molecule has 0 unspecified atom stereocenters. The third kappa shape index (κ3) is 7.39. The molecule has 13 rings (SSSR count). The lowest BCUT2D eigenvalue weighted by Crippen LogP contribution is -2.29. The predicted molar refractivity (Wildman–Crippen MR) is 299 cm³/mol. The van der Waals surface area contributed by atoms with Gasteiger partial charge in [0.15, 0.2) is 0 Å². The van der Waals surface area contributed by atoms with Crippen LogP contribution in [0.2, 0.25) is 0 Å². The van der Waals surface area contributed by atoms with Crippen LogP contribution >= 0.6 is 0 Å². The van der Waals surface area contributed by atoms with Gasteiger partial charge in [0.2, 0.25) is 0 Å². The fraction of sp³-hybridized carbons (Fsp3) is 0.0294. The maximum atomic E-state index is 2.44. The summed E-state index contributed by atoms with van der Waals surface area (Å²) in [6.45, 7) is 0. The molecular weight excluding hydrogens is 845 g/mol. The fourth-order valence-corrected chi connectivity index (χ4v) is 11.0. The molecule has 0 bridgehead atoms. The van der Waals surface area contributed by atoms with Crippen LogP contribution in [0.4, 0.5) is 34.1 Å². The number of anilines is 6. The molecule has 0 aromatic heterocycles. The van der Waals surface area contributed by atoms with Crippen molar-refractivity contribution in [3.63, 3.8) is 0 Å². The summed E-state index contributed by atoms with van der Waals surface area (Å²) in [6, 6.07) is 96.0. The molecule has 0 atom stereocenters. The van der Waals surface area contributed by atoms with Crippen molar-refractivity contribution in [2.75, 3.05) is 9.80 Å². The van der Waals surface area contributed by atoms with Gasteiger partial charge in [0.25, 0.3) is 0 Å². The van der Waals surface area contributed by atoms with Crippen molar-refractivity contribution in [2.24, 2.45) is 0 Å². The van der Waals surface area contributed by atoms with Gasteiger partial charge in [0.05, 0.1) is 0 Å². The molecule has 0 fully saturated rings. The zero-order valence-electron chi connectivity index (χ0n) is 38.7. The predicted octanol–water partition coefficient (Wildman–Crippen LogP) is 17.3. The average Bonchev–Trinajstić information content (AvgIpc) is 3.43. The van der Waals surface area contributed by atoms with Crippen molar-refractivity contribution >= 4 is 88.9 Å². The molecule has 70 heavy (non-hydrogen) atoms. The third-order valence-corrected chi connectivity index (χ3v) is 14.2. The van der Waals surface area contributed by atoms with E-state index in [0.717, 1.165) is 47.0 Å². The van der Waals surface area contributed by atoms with Gasteiger partial charge in [-0.1, -0.05) is 188 Å². The molecule has 12 aromatic carbocycles. The Balaban J connectivity index is 1.12. The molecule has 1 aliphatic carbocycles. The lowest BCUT2D eigenvalue weighted by Gasteiger charge is -2.28. The second-order valence-corrected chi connectivity index (χ2v) is 18.4. The Labute approximate surface area is 408 Å². The van der Waals surface area contributed by atoms with Gasteiger partial charge >= 0.3 is 0 Å². The summed E-state index contributed by atoms with van der Waals surface area (Å²) in [5.41, 5.74) is 14.1. The van der Waals surface area contributed by atoms with Crippen LogP contribution in [0.15, 0.2) is 261 Å². The Morgan fingerprint density at radius 1 is 0.271 bits per heavy atom. The molecule has 2 nitrogen and oxygen atoms in total. The first-order valence-corrected chi connectivity index (χ1v) is 24.4. The Kier molecular flexibility index (Phi) is 10.4. The van der Waals surface area contributed by atoms with E-state index in [9.17, 15) is 0 Å². The summed E-state index contributed by atoms with van der Waals surface area (Å²) >= 11 is 0. The van der Waals surface area contributed by atoms with Gasteiger partial charge in [-0.05, 0) is 179 Å². The van der Waals surface area contributed by atoms with Gasteiger partial charge in [-0.15, -0.1) is 0 Å². The largest absolute Gasteiger partial charge is 0.310 e. The smallest absolute Gasteiger partial charge is 0.0468 e. The van der Waals surface area contributed by atoms with Crippen LogP contribution < -0.4 is 20.2 Å². The van der Waals surface area contributed by atoms with Crippen LogP contribution in [0, 0.1) is 0 Å². The minimum atomic E-state index is 1.03. The van der Waals surface area contributed by atoms with E-state index in [1.54, 1.807) is 0 Å². The van der Waals surface area contributed by atoms with Crippen molar-refractivity contribution in [3.05, 3.63) is 277 Å². The van der Waals surface area contributed by atoms with Crippen LogP contribution in [0.5, 0.6) is 0 Å². The first-order valence-electron chi connectivity index (χ1n) is 24.4. The summed E-state index contributed by atoms with van der Waals surface area (Å²) in [6.07, 6.45) is 4.45. The number of hydrogen-bond donors (Lipinski definition) is 0. The number of nitrogens with zero attached hydrogens (tertiary/aromatic N) is 2. The molecule has 0 aliphatic heterocycles. The summed E-state index contributed by atoms with van der Waals surface area (Å²) in [5.74, 6) is 0. The quantitative estimate of drug-likeness (QED) is 0.133. The topological polar surface area (TPSA) is 6.48 Å². The van der Waals surface area contributed by atoms with Crippen LogP contribution in [-0.2, 0) is 0 Å². The van der Waals surface area contributed by atoms with Crippen molar-refractivity contribution in [2.45, 2.75) is 12.8 Å². The van der Waals surface area contributed by atoms with E-state index in [1.165, 1.54) is 86.9 Å². The van der Waals surface area contributed by atoms with Crippen molar-refractivity contribution in [1.82, 2.24) is 0 Å². The molecule has 330 valence electrons. The summed E-state index contributed by atoms with van der Waals surface area (Å²) in [5, 5.41) is 12.3. The minimum Gasteiger partial charge on any atom is -0.310 e. The first-order chi connectivity index (χ1) is 34.7. The number of para-hydroxylation sites is 3. The SMILES string of the molecule is C1=c2ccccc2=C(c2ccc(-c3c4ccc(N(c5ccccc5)c5ccc6ccccc6c5)cc4c(-c4ccc5ccccc5c4)c4ccc(N(c5ccccc5)c5ccccc5)cc34)cc2)CC1. The highest BCUT2D eigenvalue weighted by Gasteiger charge is 2.23. The summed E-state index contributed by atoms with van der Waals surface area (Å²) < 4.78 is 0. The highest BCUT2D eigenvalue weighted by molar-refractivity contribution is 6.23. The molecule has 0 spiro atoms. The summed E-state index contributed by atoms with van der Waals surface area (Å²) in [4.78, 5) is 4.79. The lowest BCUT2D eigenvalue weighted by atomic mass is 9.84. The Morgan fingerprint density at radius 2 is 0.700 bits per heavy atom. The van der Waals surface area contributed by atoms with Crippen LogP contribution in [0.3, 0.4) is 0 Å². The maximum Gasteiger partial charge on any atom is 0.0468 e. The van der Waals surface area contributed by atoms with Crippen molar-refractivity contribution in [3.8, 4) is 22.3 Å². The van der Waals surface area contributed by atoms with Crippen LogP contribution in [0.1, 0.15) is 18.4 Å². The minimum absolute atomic E-state index is 1.03. The Bertz CT molecular complexity index is 4010. The van der Waals surface area contributed by atoms with E-state index in [0.29, 0.717) is 0 Å². The number of hydrogen-bond acceptors (Lipinski definition) is 2. The Morgan fingerprint density at radius 3 is 1.30 bits per heavy atom. The van der Waals surface area contributed by atoms with Crippen molar-refractivity contribution < 1.29 is 0 Å². The molecule has 0 saturated carbocycles. The standard InChI is InChI=1S/C68H48N2/c1-4-23-55(24-5-1)69(56-25-6-2-7-26-56)59-39-42-64-65(45-59)67(51-34-32-50(33-35-51)62-30-16-22-49-19-14-15-29-61(49)62)63-41-40-60(46-66(63)68(64)54-36-31-47-17-10-12-20-52(47)43-54)70(57-27-8-3-9-28-57)58-38-37-48-18-11-13-21-53(48)44-58/h1-15,17-29,31-46H,16,30H2. The maximum absolute atomic E-state index is 2.44. The number of rotatable bonds is 9. The molecule has 0 radical (unpaired) electrons. The van der Waals surface area contributed by atoms with E-state index in [-0.39, 0.29) is 0 Å². The number of benzene rings is 12. The highest BCUT2D eigenvalue weighted by atomic mass is 15.1. The number of fused-ring (bicyclic) bond motifs is 5. The van der Waals surface area contributed by atoms with E-state index in [4.69, 9.17) is 0 Å². The molecule has 0 saturated heterocycles. The van der Waals surface area contributed by atoms with E-state index in [1.807, 2.05) is 0 Å². The van der Waals surface area contributed by atoms with Crippen LogP contribution in [-0.4, -0.2) is 0 Å². The molecular formula is C68H48N2. The van der Waals surface area contributed by atoms with Gasteiger partial charge in [0, 0.05) is 34.1 Å². The van der Waals surface area contributed by atoms with E-state index in [2.05, 4.69) is 277 Å². The fourth-order valence-electron chi connectivity index (χ4n) is 11.0. The van der Waals surface area contributed by atoms with Gasteiger partial charge in [-0.3, -0.25) is 0 Å². The monoisotopic (exact) mass is 892 g/mol. The second kappa shape index (κ2) is 17.6. The second-order valence-electron chi connectivity index (χ2n) is 18.4. The van der Waals surface area contributed by atoms with Crippen molar-refractivity contribution in [1.29, 1.82) is 0 Å². The zero-order chi connectivity index (χ0) is 46.4. The third-order valence-electron chi connectivity index (χ3n) is 14.2.